The lowest BCUT2D eigenvalue weighted by Crippen LogP contribution is -2.38. The van der Waals surface area contributed by atoms with Gasteiger partial charge in [-0.15, -0.1) is 0 Å². The zero-order valence-electron chi connectivity index (χ0n) is 6.50. The SMILES string of the molecule is C=CC(=O)NCC1COC(=O)N1. The van der Waals surface area contributed by atoms with Gasteiger partial charge in [0, 0.05) is 6.54 Å². The molecule has 12 heavy (non-hydrogen) atoms. The van der Waals surface area contributed by atoms with Crippen molar-refractivity contribution in [2.45, 2.75) is 6.04 Å². The largest absolute Gasteiger partial charge is 0.447 e. The maximum Gasteiger partial charge on any atom is 0.407 e. The van der Waals surface area contributed by atoms with Gasteiger partial charge in [-0.3, -0.25) is 4.79 Å². The third-order valence-electron chi connectivity index (χ3n) is 1.45. The number of cyclic esters (lactones) is 1. The Bertz CT molecular complexity index is 215. The van der Waals surface area contributed by atoms with Crippen molar-refractivity contribution in [2.24, 2.45) is 0 Å². The van der Waals surface area contributed by atoms with Crippen LogP contribution >= 0.6 is 0 Å². The lowest BCUT2D eigenvalue weighted by atomic mass is 10.3. The summed E-state index contributed by atoms with van der Waals surface area (Å²) in [7, 11) is 0. The Morgan fingerprint density at radius 1 is 1.92 bits per heavy atom. The van der Waals surface area contributed by atoms with E-state index in [4.69, 9.17) is 0 Å². The van der Waals surface area contributed by atoms with Crippen LogP contribution in [-0.2, 0) is 9.53 Å². The second kappa shape index (κ2) is 3.75. The molecule has 1 atom stereocenters. The predicted octanol–water partition coefficient (Wildman–Crippen LogP) is -0.603. The Morgan fingerprint density at radius 3 is 3.17 bits per heavy atom. The molecule has 2 N–H and O–H groups in total. The third-order valence-corrected chi connectivity index (χ3v) is 1.45. The number of hydrogen-bond donors (Lipinski definition) is 2. The average Bonchev–Trinajstić information content (AvgIpc) is 2.47. The Labute approximate surface area is 69.8 Å². The first-order chi connectivity index (χ1) is 5.72. The van der Waals surface area contributed by atoms with Crippen LogP contribution in [0, 0.1) is 0 Å². The first-order valence-electron chi connectivity index (χ1n) is 3.56. The molecule has 5 heteroatoms. The van der Waals surface area contributed by atoms with Crippen LogP contribution in [0.5, 0.6) is 0 Å². The van der Waals surface area contributed by atoms with Crippen LogP contribution < -0.4 is 10.6 Å². The molecule has 2 amide bonds. The van der Waals surface area contributed by atoms with Crippen molar-refractivity contribution in [2.75, 3.05) is 13.2 Å². The molecule has 0 radical (unpaired) electrons. The summed E-state index contributed by atoms with van der Waals surface area (Å²) in [5.41, 5.74) is 0. The number of rotatable bonds is 3. The maximum atomic E-state index is 10.7. The fraction of sp³-hybridized carbons (Fsp3) is 0.429. The van der Waals surface area contributed by atoms with Crippen molar-refractivity contribution in [1.82, 2.24) is 10.6 Å². The van der Waals surface area contributed by atoms with Crippen molar-refractivity contribution in [3.05, 3.63) is 12.7 Å². The van der Waals surface area contributed by atoms with Crippen LogP contribution in [0.25, 0.3) is 0 Å². The number of alkyl carbamates (subject to hydrolysis) is 1. The Morgan fingerprint density at radius 2 is 2.67 bits per heavy atom. The quantitative estimate of drug-likeness (QED) is 0.555. The number of carbonyl (C=O) groups excluding carboxylic acids is 2. The van der Waals surface area contributed by atoms with Gasteiger partial charge in [0.2, 0.25) is 5.91 Å². The van der Waals surface area contributed by atoms with Gasteiger partial charge in [0.05, 0.1) is 6.04 Å². The van der Waals surface area contributed by atoms with E-state index in [1.54, 1.807) is 0 Å². The van der Waals surface area contributed by atoms with Gasteiger partial charge >= 0.3 is 6.09 Å². The van der Waals surface area contributed by atoms with Crippen molar-refractivity contribution in [3.63, 3.8) is 0 Å². The molecule has 1 fully saturated rings. The second-order valence-corrected chi connectivity index (χ2v) is 2.39. The summed E-state index contributed by atoms with van der Waals surface area (Å²) < 4.78 is 4.60. The highest BCUT2D eigenvalue weighted by molar-refractivity contribution is 5.86. The first-order valence-corrected chi connectivity index (χ1v) is 3.56. The van der Waals surface area contributed by atoms with Gasteiger partial charge in [0.15, 0.2) is 0 Å². The van der Waals surface area contributed by atoms with Crippen LogP contribution in [0.15, 0.2) is 12.7 Å². The van der Waals surface area contributed by atoms with Crippen LogP contribution in [0.1, 0.15) is 0 Å². The fourth-order valence-electron chi connectivity index (χ4n) is 0.832. The highest BCUT2D eigenvalue weighted by atomic mass is 16.6. The topological polar surface area (TPSA) is 67.4 Å². The van der Waals surface area contributed by atoms with Crippen LogP contribution in [-0.4, -0.2) is 31.2 Å². The highest BCUT2D eigenvalue weighted by Gasteiger charge is 2.21. The summed E-state index contributed by atoms with van der Waals surface area (Å²) in [6.07, 6.45) is 0.741. The predicted molar refractivity (Wildman–Crippen MR) is 41.5 cm³/mol. The van der Waals surface area contributed by atoms with E-state index in [1.807, 2.05) is 0 Å². The molecule has 1 aliphatic heterocycles. The van der Waals surface area contributed by atoms with Gasteiger partial charge in [0.25, 0.3) is 0 Å². The minimum absolute atomic E-state index is 0.124. The second-order valence-electron chi connectivity index (χ2n) is 2.39. The number of hydrogen-bond acceptors (Lipinski definition) is 3. The molecular weight excluding hydrogens is 160 g/mol. The maximum absolute atomic E-state index is 10.7. The molecule has 1 unspecified atom stereocenters. The minimum Gasteiger partial charge on any atom is -0.447 e. The number of ether oxygens (including phenoxy) is 1. The van der Waals surface area contributed by atoms with Crippen molar-refractivity contribution >= 4 is 12.0 Å². The fourth-order valence-corrected chi connectivity index (χ4v) is 0.832. The van der Waals surface area contributed by atoms with Crippen molar-refractivity contribution in [1.29, 1.82) is 0 Å². The highest BCUT2D eigenvalue weighted by Crippen LogP contribution is 1.95. The first kappa shape index (κ1) is 8.58. The van der Waals surface area contributed by atoms with Gasteiger partial charge in [-0.05, 0) is 6.08 Å². The molecular formula is C7H10N2O3. The normalized spacial score (nSPS) is 21.0. The van der Waals surface area contributed by atoms with Gasteiger partial charge in [0.1, 0.15) is 6.61 Å². The van der Waals surface area contributed by atoms with E-state index in [0.29, 0.717) is 13.2 Å². The van der Waals surface area contributed by atoms with Crippen LogP contribution in [0.3, 0.4) is 0 Å². The number of carbonyl (C=O) groups is 2. The van der Waals surface area contributed by atoms with E-state index in [-0.39, 0.29) is 11.9 Å². The van der Waals surface area contributed by atoms with Crippen molar-refractivity contribution in [3.8, 4) is 0 Å². The molecule has 1 rings (SSSR count). The van der Waals surface area contributed by atoms with E-state index < -0.39 is 6.09 Å². The lowest BCUT2D eigenvalue weighted by molar-refractivity contribution is -0.116. The molecule has 0 spiro atoms. The average molecular weight is 170 g/mol. The summed E-state index contributed by atoms with van der Waals surface area (Å²) >= 11 is 0. The Hall–Kier alpha value is -1.52. The zero-order chi connectivity index (χ0) is 8.97. The van der Waals surface area contributed by atoms with Crippen LogP contribution in [0.2, 0.25) is 0 Å². The molecule has 0 aliphatic carbocycles. The van der Waals surface area contributed by atoms with Gasteiger partial charge in [-0.1, -0.05) is 6.58 Å². The molecule has 0 aromatic carbocycles. The molecule has 0 bridgehead atoms. The van der Waals surface area contributed by atoms with Gasteiger partial charge < -0.3 is 15.4 Å². The molecule has 1 heterocycles. The Kier molecular flexibility index (Phi) is 2.68. The molecule has 0 aromatic rings. The lowest BCUT2D eigenvalue weighted by Gasteiger charge is -2.06. The molecule has 0 aromatic heterocycles. The summed E-state index contributed by atoms with van der Waals surface area (Å²) in [6.45, 7) is 3.96. The number of amides is 2. The molecule has 0 saturated carbocycles. The monoisotopic (exact) mass is 170 g/mol. The van der Waals surface area contributed by atoms with Crippen LogP contribution in [0.4, 0.5) is 4.79 Å². The molecule has 5 nitrogen and oxygen atoms in total. The summed E-state index contributed by atoms with van der Waals surface area (Å²) in [6, 6.07) is -0.124. The standard InChI is InChI=1S/C7H10N2O3/c1-2-6(10)8-3-5-4-12-7(11)9-5/h2,5H,1,3-4H2,(H,8,10)(H,9,11). The summed E-state index contributed by atoms with van der Waals surface area (Å²) in [4.78, 5) is 21.2. The van der Waals surface area contributed by atoms with Crippen molar-refractivity contribution < 1.29 is 14.3 Å². The van der Waals surface area contributed by atoms with E-state index in [0.717, 1.165) is 0 Å². The number of nitrogens with one attached hydrogen (secondary N) is 2. The zero-order valence-corrected chi connectivity index (χ0v) is 6.50. The summed E-state index contributed by atoms with van der Waals surface area (Å²) in [5, 5.41) is 5.07. The third kappa shape index (κ3) is 2.26. The Balaban J connectivity index is 2.20. The summed E-state index contributed by atoms with van der Waals surface area (Å²) in [5.74, 6) is -0.254. The molecule has 1 aliphatic rings. The molecule has 1 saturated heterocycles. The molecule has 66 valence electrons. The van der Waals surface area contributed by atoms with E-state index in [1.165, 1.54) is 6.08 Å². The van der Waals surface area contributed by atoms with E-state index in [9.17, 15) is 9.59 Å². The van der Waals surface area contributed by atoms with Gasteiger partial charge in [-0.25, -0.2) is 4.79 Å². The van der Waals surface area contributed by atoms with Gasteiger partial charge in [-0.2, -0.15) is 0 Å². The smallest absolute Gasteiger partial charge is 0.407 e. The minimum atomic E-state index is -0.437. The van der Waals surface area contributed by atoms with E-state index in [2.05, 4.69) is 21.9 Å². The van der Waals surface area contributed by atoms with E-state index >= 15 is 0 Å².